The SMILES string of the molecule is CCCCC(COC(C)=O)OC=O. The first-order valence-electron chi connectivity index (χ1n) is 4.43. The second-order valence-corrected chi connectivity index (χ2v) is 2.80. The quantitative estimate of drug-likeness (QED) is 0.446. The first kappa shape index (κ1) is 11.9. The van der Waals surface area contributed by atoms with Crippen molar-refractivity contribution in [3.63, 3.8) is 0 Å². The molecule has 0 N–H and O–H groups in total. The predicted molar refractivity (Wildman–Crippen MR) is 47.1 cm³/mol. The van der Waals surface area contributed by atoms with Gasteiger partial charge in [0.25, 0.3) is 6.47 Å². The summed E-state index contributed by atoms with van der Waals surface area (Å²) in [5.74, 6) is -0.351. The highest BCUT2D eigenvalue weighted by Crippen LogP contribution is 2.04. The highest BCUT2D eigenvalue weighted by atomic mass is 16.6. The Labute approximate surface area is 78.2 Å². The van der Waals surface area contributed by atoms with Crippen molar-refractivity contribution in [3.8, 4) is 0 Å². The van der Waals surface area contributed by atoms with E-state index in [-0.39, 0.29) is 18.7 Å². The maximum Gasteiger partial charge on any atom is 0.302 e. The number of ether oxygens (including phenoxy) is 2. The van der Waals surface area contributed by atoms with Crippen LogP contribution < -0.4 is 0 Å². The van der Waals surface area contributed by atoms with Gasteiger partial charge >= 0.3 is 5.97 Å². The predicted octanol–water partition coefficient (Wildman–Crippen LogP) is 1.28. The molecule has 1 atom stereocenters. The monoisotopic (exact) mass is 188 g/mol. The van der Waals surface area contributed by atoms with Crippen LogP contribution in [0.4, 0.5) is 0 Å². The number of hydrogen-bond donors (Lipinski definition) is 0. The molecule has 0 spiro atoms. The molecule has 0 aromatic rings. The molecule has 4 heteroatoms. The lowest BCUT2D eigenvalue weighted by molar-refractivity contribution is -0.150. The lowest BCUT2D eigenvalue weighted by Gasteiger charge is -2.13. The lowest BCUT2D eigenvalue weighted by atomic mass is 10.2. The van der Waals surface area contributed by atoms with Gasteiger partial charge in [-0.1, -0.05) is 13.3 Å². The molecule has 1 unspecified atom stereocenters. The van der Waals surface area contributed by atoms with Gasteiger partial charge < -0.3 is 9.47 Å². The van der Waals surface area contributed by atoms with Crippen molar-refractivity contribution in [1.82, 2.24) is 0 Å². The van der Waals surface area contributed by atoms with Crippen LogP contribution in [0, 0.1) is 0 Å². The maximum atomic E-state index is 10.5. The zero-order chi connectivity index (χ0) is 10.1. The van der Waals surface area contributed by atoms with Gasteiger partial charge in [-0.05, 0) is 12.8 Å². The topological polar surface area (TPSA) is 52.6 Å². The van der Waals surface area contributed by atoms with E-state index in [2.05, 4.69) is 0 Å². The standard InChI is InChI=1S/C9H16O4/c1-3-4-5-9(13-7-10)6-12-8(2)11/h7,9H,3-6H2,1-2H3. The molecule has 0 bridgehead atoms. The van der Waals surface area contributed by atoms with Crippen molar-refractivity contribution in [2.75, 3.05) is 6.61 Å². The molecule has 0 amide bonds. The third-order valence-electron chi connectivity index (χ3n) is 1.60. The minimum atomic E-state index is -0.351. The fourth-order valence-electron chi connectivity index (χ4n) is 0.911. The van der Waals surface area contributed by atoms with Crippen LogP contribution in [0.3, 0.4) is 0 Å². The Morgan fingerprint density at radius 1 is 1.54 bits per heavy atom. The van der Waals surface area contributed by atoms with E-state index in [0.29, 0.717) is 6.47 Å². The van der Waals surface area contributed by atoms with Crippen LogP contribution in [-0.2, 0) is 19.1 Å². The smallest absolute Gasteiger partial charge is 0.302 e. The summed E-state index contributed by atoms with van der Waals surface area (Å²) in [7, 11) is 0. The summed E-state index contributed by atoms with van der Waals surface area (Å²) >= 11 is 0. The van der Waals surface area contributed by atoms with Gasteiger partial charge in [0, 0.05) is 6.92 Å². The number of carbonyl (C=O) groups is 2. The summed E-state index contributed by atoms with van der Waals surface area (Å²) < 4.78 is 9.47. The number of carbonyl (C=O) groups excluding carboxylic acids is 2. The molecule has 76 valence electrons. The second kappa shape index (κ2) is 7.58. The number of esters is 1. The second-order valence-electron chi connectivity index (χ2n) is 2.80. The molecule has 0 aromatic carbocycles. The van der Waals surface area contributed by atoms with Gasteiger partial charge in [-0.2, -0.15) is 0 Å². The molecular weight excluding hydrogens is 172 g/mol. The van der Waals surface area contributed by atoms with Crippen LogP contribution in [0.15, 0.2) is 0 Å². The molecule has 0 radical (unpaired) electrons. The Morgan fingerprint density at radius 3 is 2.69 bits per heavy atom. The van der Waals surface area contributed by atoms with Gasteiger partial charge in [0.2, 0.25) is 0 Å². The van der Waals surface area contributed by atoms with E-state index >= 15 is 0 Å². The first-order chi connectivity index (χ1) is 6.20. The van der Waals surface area contributed by atoms with Crippen LogP contribution >= 0.6 is 0 Å². The van der Waals surface area contributed by atoms with E-state index in [1.54, 1.807) is 0 Å². The Bertz CT molecular complexity index is 156. The van der Waals surface area contributed by atoms with Crippen LogP contribution in [0.25, 0.3) is 0 Å². The summed E-state index contributed by atoms with van der Waals surface area (Å²) in [6.07, 6.45) is 2.43. The van der Waals surface area contributed by atoms with Gasteiger partial charge in [-0.25, -0.2) is 0 Å². The largest absolute Gasteiger partial charge is 0.462 e. The van der Waals surface area contributed by atoms with Crippen molar-refractivity contribution in [1.29, 1.82) is 0 Å². The van der Waals surface area contributed by atoms with Crippen LogP contribution in [0.5, 0.6) is 0 Å². The zero-order valence-electron chi connectivity index (χ0n) is 8.12. The highest BCUT2D eigenvalue weighted by Gasteiger charge is 2.09. The van der Waals surface area contributed by atoms with E-state index < -0.39 is 0 Å². The Morgan fingerprint density at radius 2 is 2.23 bits per heavy atom. The molecule has 0 aromatic heterocycles. The average molecular weight is 188 g/mol. The van der Waals surface area contributed by atoms with Crippen molar-refractivity contribution in [2.45, 2.75) is 39.2 Å². The molecule has 0 aliphatic rings. The van der Waals surface area contributed by atoms with Gasteiger partial charge in [0.1, 0.15) is 12.7 Å². The Kier molecular flexibility index (Phi) is 6.96. The van der Waals surface area contributed by atoms with E-state index in [1.165, 1.54) is 6.92 Å². The van der Waals surface area contributed by atoms with E-state index in [4.69, 9.17) is 9.47 Å². The molecular formula is C9H16O4. The van der Waals surface area contributed by atoms with Crippen molar-refractivity contribution >= 4 is 12.4 Å². The number of hydrogen-bond acceptors (Lipinski definition) is 4. The number of unbranched alkanes of at least 4 members (excludes halogenated alkanes) is 1. The Hall–Kier alpha value is -1.06. The molecule has 0 saturated heterocycles. The van der Waals surface area contributed by atoms with Crippen molar-refractivity contribution < 1.29 is 19.1 Å². The van der Waals surface area contributed by atoms with Crippen LogP contribution in [0.2, 0.25) is 0 Å². The van der Waals surface area contributed by atoms with Crippen LogP contribution in [0.1, 0.15) is 33.1 Å². The summed E-state index contributed by atoms with van der Waals surface area (Å²) in [6, 6.07) is 0. The molecule has 0 aliphatic heterocycles. The first-order valence-corrected chi connectivity index (χ1v) is 4.43. The fraction of sp³-hybridized carbons (Fsp3) is 0.778. The van der Waals surface area contributed by atoms with Crippen LogP contribution in [-0.4, -0.2) is 25.2 Å². The average Bonchev–Trinajstić information content (AvgIpc) is 2.09. The van der Waals surface area contributed by atoms with Gasteiger partial charge in [-0.15, -0.1) is 0 Å². The third kappa shape index (κ3) is 7.31. The molecule has 0 fully saturated rings. The normalized spacial score (nSPS) is 11.8. The van der Waals surface area contributed by atoms with Gasteiger partial charge in [-0.3, -0.25) is 9.59 Å². The number of rotatable bonds is 7. The van der Waals surface area contributed by atoms with Crippen molar-refractivity contribution in [2.24, 2.45) is 0 Å². The summed E-state index contributed by atoms with van der Waals surface area (Å²) in [5, 5.41) is 0. The summed E-state index contributed by atoms with van der Waals surface area (Å²) in [4.78, 5) is 20.5. The minimum absolute atomic E-state index is 0.161. The van der Waals surface area contributed by atoms with Gasteiger partial charge in [0.05, 0.1) is 0 Å². The zero-order valence-corrected chi connectivity index (χ0v) is 8.12. The summed E-state index contributed by atoms with van der Waals surface area (Å²) in [6.45, 7) is 3.93. The summed E-state index contributed by atoms with van der Waals surface area (Å²) in [5.41, 5.74) is 0. The lowest BCUT2D eigenvalue weighted by Crippen LogP contribution is -2.20. The minimum Gasteiger partial charge on any atom is -0.462 e. The van der Waals surface area contributed by atoms with Crippen molar-refractivity contribution in [3.05, 3.63) is 0 Å². The molecule has 0 rings (SSSR count). The molecule has 0 aliphatic carbocycles. The maximum absolute atomic E-state index is 10.5. The van der Waals surface area contributed by atoms with E-state index in [9.17, 15) is 9.59 Å². The highest BCUT2D eigenvalue weighted by molar-refractivity contribution is 5.65. The van der Waals surface area contributed by atoms with Gasteiger partial charge in [0.15, 0.2) is 0 Å². The molecule has 0 heterocycles. The van der Waals surface area contributed by atoms with E-state index in [0.717, 1.165) is 19.3 Å². The molecule has 4 nitrogen and oxygen atoms in total. The molecule has 13 heavy (non-hydrogen) atoms. The Balaban J connectivity index is 3.65. The third-order valence-corrected chi connectivity index (χ3v) is 1.60. The fourth-order valence-corrected chi connectivity index (χ4v) is 0.911. The molecule has 0 saturated carbocycles. The van der Waals surface area contributed by atoms with E-state index in [1.807, 2.05) is 6.92 Å².